The molecule has 2 aliphatic rings. The summed E-state index contributed by atoms with van der Waals surface area (Å²) in [4.78, 5) is 2.52. The smallest absolute Gasteiger partial charge is 0.120 e. The quantitative estimate of drug-likeness (QED) is 0.814. The van der Waals surface area contributed by atoms with E-state index in [0.29, 0.717) is 6.04 Å². The van der Waals surface area contributed by atoms with E-state index < -0.39 is 0 Å². The Morgan fingerprint density at radius 3 is 3.19 bits per heavy atom. The molecule has 1 aromatic rings. The predicted octanol–water partition coefficient (Wildman–Crippen LogP) is 1.49. The van der Waals surface area contributed by atoms with E-state index >= 15 is 0 Å². The highest BCUT2D eigenvalue weighted by molar-refractivity contribution is 5.53. The number of nitrogens with one attached hydrogen (secondary N) is 1. The van der Waals surface area contributed by atoms with Crippen LogP contribution in [0.15, 0.2) is 24.3 Å². The van der Waals surface area contributed by atoms with Crippen molar-refractivity contribution in [3.05, 3.63) is 24.3 Å². The van der Waals surface area contributed by atoms with Crippen molar-refractivity contribution in [3.63, 3.8) is 0 Å². The number of fused-ring (bicyclic) bond motifs is 1. The third kappa shape index (κ3) is 1.55. The van der Waals surface area contributed by atoms with E-state index in [4.69, 9.17) is 4.74 Å². The van der Waals surface area contributed by atoms with Crippen molar-refractivity contribution >= 4 is 5.69 Å². The number of rotatable bonds is 2. The standard InChI is InChI=1S/C13H18N2O/c1-16-12-4-2-3-11(7-12)15-6-5-10-8-14-9-13(10)15/h2-4,7,10,13-14H,5-6,8-9H2,1H3. The fraction of sp³-hybridized carbons (Fsp3) is 0.538. The van der Waals surface area contributed by atoms with Gasteiger partial charge in [-0.25, -0.2) is 0 Å². The van der Waals surface area contributed by atoms with Gasteiger partial charge in [0.15, 0.2) is 0 Å². The van der Waals surface area contributed by atoms with Crippen molar-refractivity contribution in [1.82, 2.24) is 5.32 Å². The SMILES string of the molecule is COc1cccc(N2CCC3CNCC32)c1. The van der Waals surface area contributed by atoms with Gasteiger partial charge in [0.1, 0.15) is 5.75 Å². The summed E-state index contributed by atoms with van der Waals surface area (Å²) < 4.78 is 5.28. The van der Waals surface area contributed by atoms with E-state index in [0.717, 1.165) is 18.2 Å². The predicted molar refractivity (Wildman–Crippen MR) is 65.1 cm³/mol. The van der Waals surface area contributed by atoms with E-state index in [-0.39, 0.29) is 0 Å². The molecule has 1 N–H and O–H groups in total. The first kappa shape index (κ1) is 9.97. The Balaban J connectivity index is 1.86. The maximum absolute atomic E-state index is 5.28. The van der Waals surface area contributed by atoms with Gasteiger partial charge in [-0.15, -0.1) is 0 Å². The fourth-order valence-electron chi connectivity index (χ4n) is 2.96. The molecule has 2 unspecified atom stereocenters. The first-order valence-electron chi connectivity index (χ1n) is 6.00. The number of hydrogen-bond acceptors (Lipinski definition) is 3. The Bertz CT molecular complexity index is 380. The Labute approximate surface area is 96.4 Å². The van der Waals surface area contributed by atoms with Crippen LogP contribution in [0.5, 0.6) is 5.75 Å². The molecule has 3 heteroatoms. The topological polar surface area (TPSA) is 24.5 Å². The van der Waals surface area contributed by atoms with Crippen molar-refractivity contribution in [1.29, 1.82) is 0 Å². The van der Waals surface area contributed by atoms with Gasteiger partial charge in [-0.2, -0.15) is 0 Å². The van der Waals surface area contributed by atoms with Crippen LogP contribution in [0.3, 0.4) is 0 Å². The molecule has 2 heterocycles. The van der Waals surface area contributed by atoms with E-state index in [2.05, 4.69) is 28.4 Å². The molecule has 0 aliphatic carbocycles. The fourth-order valence-corrected chi connectivity index (χ4v) is 2.96. The molecule has 0 aromatic heterocycles. The Morgan fingerprint density at radius 1 is 1.38 bits per heavy atom. The highest BCUT2D eigenvalue weighted by atomic mass is 16.5. The van der Waals surface area contributed by atoms with Gasteiger partial charge in [-0.05, 0) is 24.5 Å². The van der Waals surface area contributed by atoms with Gasteiger partial charge in [-0.3, -0.25) is 0 Å². The third-order valence-corrected chi connectivity index (χ3v) is 3.83. The highest BCUT2D eigenvalue weighted by Crippen LogP contribution is 2.33. The van der Waals surface area contributed by atoms with Crippen LogP contribution in [-0.2, 0) is 0 Å². The lowest BCUT2D eigenvalue weighted by Gasteiger charge is -2.25. The zero-order chi connectivity index (χ0) is 11.0. The minimum atomic E-state index is 0.687. The number of benzene rings is 1. The molecule has 0 saturated carbocycles. The Kier molecular flexibility index (Phi) is 2.48. The zero-order valence-electron chi connectivity index (χ0n) is 9.65. The summed E-state index contributed by atoms with van der Waals surface area (Å²) in [5, 5.41) is 3.48. The second-order valence-corrected chi connectivity index (χ2v) is 4.67. The Hall–Kier alpha value is -1.22. The van der Waals surface area contributed by atoms with Crippen LogP contribution in [0, 0.1) is 5.92 Å². The number of ether oxygens (including phenoxy) is 1. The van der Waals surface area contributed by atoms with Gasteiger partial charge < -0.3 is 15.0 Å². The monoisotopic (exact) mass is 218 g/mol. The van der Waals surface area contributed by atoms with E-state index in [1.165, 1.54) is 25.2 Å². The van der Waals surface area contributed by atoms with E-state index in [1.54, 1.807) is 7.11 Å². The lowest BCUT2D eigenvalue weighted by atomic mass is 10.1. The number of hydrogen-bond donors (Lipinski definition) is 1. The lowest BCUT2D eigenvalue weighted by molar-refractivity contribution is 0.414. The van der Waals surface area contributed by atoms with Crippen LogP contribution >= 0.6 is 0 Å². The molecule has 2 saturated heterocycles. The molecule has 3 rings (SSSR count). The molecule has 0 radical (unpaired) electrons. The molecule has 0 bridgehead atoms. The summed E-state index contributed by atoms with van der Waals surface area (Å²) >= 11 is 0. The minimum absolute atomic E-state index is 0.687. The molecular formula is C13H18N2O. The summed E-state index contributed by atoms with van der Waals surface area (Å²) in [6.45, 7) is 3.50. The van der Waals surface area contributed by atoms with Crippen molar-refractivity contribution in [2.45, 2.75) is 12.5 Å². The average molecular weight is 218 g/mol. The zero-order valence-corrected chi connectivity index (χ0v) is 9.65. The molecule has 0 amide bonds. The van der Waals surface area contributed by atoms with Crippen molar-refractivity contribution in [2.75, 3.05) is 31.6 Å². The number of methoxy groups -OCH3 is 1. The molecule has 0 spiro atoms. The number of anilines is 1. The summed E-state index contributed by atoms with van der Waals surface area (Å²) in [5.41, 5.74) is 1.30. The molecule has 2 atom stereocenters. The molecular weight excluding hydrogens is 200 g/mol. The van der Waals surface area contributed by atoms with Gasteiger partial charge in [-0.1, -0.05) is 6.07 Å². The largest absolute Gasteiger partial charge is 0.497 e. The maximum atomic E-state index is 5.28. The molecule has 3 nitrogen and oxygen atoms in total. The van der Waals surface area contributed by atoms with Gasteiger partial charge in [0.05, 0.1) is 7.11 Å². The molecule has 1 aromatic carbocycles. The molecule has 86 valence electrons. The third-order valence-electron chi connectivity index (χ3n) is 3.83. The maximum Gasteiger partial charge on any atom is 0.120 e. The van der Waals surface area contributed by atoms with Crippen molar-refractivity contribution in [3.8, 4) is 5.75 Å². The first-order valence-corrected chi connectivity index (χ1v) is 6.00. The van der Waals surface area contributed by atoms with Gasteiger partial charge >= 0.3 is 0 Å². The second kappa shape index (κ2) is 3.98. The Morgan fingerprint density at radius 2 is 2.31 bits per heavy atom. The van der Waals surface area contributed by atoms with Gasteiger partial charge in [0.2, 0.25) is 0 Å². The van der Waals surface area contributed by atoms with Crippen LogP contribution in [0.25, 0.3) is 0 Å². The normalized spacial score (nSPS) is 28.2. The minimum Gasteiger partial charge on any atom is -0.497 e. The van der Waals surface area contributed by atoms with Crippen LogP contribution in [0.2, 0.25) is 0 Å². The van der Waals surface area contributed by atoms with Gasteiger partial charge in [0.25, 0.3) is 0 Å². The summed E-state index contributed by atoms with van der Waals surface area (Å²) in [6.07, 6.45) is 1.31. The van der Waals surface area contributed by atoms with E-state index in [1.807, 2.05) is 6.07 Å². The second-order valence-electron chi connectivity index (χ2n) is 4.67. The highest BCUT2D eigenvalue weighted by Gasteiger charge is 2.37. The van der Waals surface area contributed by atoms with Crippen LogP contribution in [-0.4, -0.2) is 32.8 Å². The van der Waals surface area contributed by atoms with Crippen LogP contribution in [0.4, 0.5) is 5.69 Å². The number of nitrogens with zero attached hydrogens (tertiary/aromatic N) is 1. The molecule has 2 fully saturated rings. The van der Waals surface area contributed by atoms with Crippen LogP contribution < -0.4 is 15.0 Å². The summed E-state index contributed by atoms with van der Waals surface area (Å²) in [6, 6.07) is 9.09. The summed E-state index contributed by atoms with van der Waals surface area (Å²) in [7, 11) is 1.73. The first-order chi connectivity index (χ1) is 7.88. The van der Waals surface area contributed by atoms with E-state index in [9.17, 15) is 0 Å². The van der Waals surface area contributed by atoms with Crippen molar-refractivity contribution < 1.29 is 4.74 Å². The summed E-state index contributed by atoms with van der Waals surface area (Å²) in [5.74, 6) is 1.79. The lowest BCUT2D eigenvalue weighted by Crippen LogP contribution is -2.33. The van der Waals surface area contributed by atoms with Crippen molar-refractivity contribution in [2.24, 2.45) is 5.92 Å². The molecule has 16 heavy (non-hydrogen) atoms. The van der Waals surface area contributed by atoms with Gasteiger partial charge in [0, 0.05) is 37.4 Å². The molecule has 2 aliphatic heterocycles. The van der Waals surface area contributed by atoms with Crippen LogP contribution in [0.1, 0.15) is 6.42 Å². The average Bonchev–Trinajstić information content (AvgIpc) is 2.90.